The van der Waals surface area contributed by atoms with Gasteiger partial charge in [-0.25, -0.2) is 8.42 Å². The standard InChI is InChI=1S/C4H8N2O4S/c1-3(7)6-11(9,10)2-4(5)8/h2H2,1H3,(H2,5,8)(H,6,7). The molecule has 0 bridgehead atoms. The molecule has 0 saturated carbocycles. The molecule has 0 rings (SSSR count). The van der Waals surface area contributed by atoms with Crippen LogP contribution >= 0.6 is 0 Å². The summed E-state index contributed by atoms with van der Waals surface area (Å²) in [6.07, 6.45) is 0. The monoisotopic (exact) mass is 180 g/mol. The smallest absolute Gasteiger partial charge is 0.243 e. The van der Waals surface area contributed by atoms with Gasteiger partial charge in [-0.1, -0.05) is 0 Å². The SMILES string of the molecule is CC(=O)NS(=O)(=O)CC(N)=O. The molecule has 3 N–H and O–H groups in total. The lowest BCUT2D eigenvalue weighted by molar-refractivity contribution is -0.117. The molecule has 0 aliphatic rings. The van der Waals surface area contributed by atoms with E-state index in [1.54, 1.807) is 4.72 Å². The molecule has 0 saturated heterocycles. The minimum absolute atomic E-state index is 0.744. The average Bonchev–Trinajstić information content (AvgIpc) is 1.53. The van der Waals surface area contributed by atoms with Gasteiger partial charge in [-0.15, -0.1) is 0 Å². The lowest BCUT2D eigenvalue weighted by Gasteiger charge is -1.99. The van der Waals surface area contributed by atoms with Crippen molar-refractivity contribution in [2.75, 3.05) is 5.75 Å². The number of carbonyl (C=O) groups is 2. The Kier molecular flexibility index (Phi) is 2.99. The molecular formula is C4H8N2O4S. The van der Waals surface area contributed by atoms with Crippen molar-refractivity contribution >= 4 is 21.8 Å². The molecule has 0 atom stereocenters. The molecule has 0 radical (unpaired) electrons. The summed E-state index contributed by atoms with van der Waals surface area (Å²) < 4.78 is 22.8. The highest BCUT2D eigenvalue weighted by molar-refractivity contribution is 7.90. The average molecular weight is 180 g/mol. The predicted molar refractivity (Wildman–Crippen MR) is 36.8 cm³/mol. The fraction of sp³-hybridized carbons (Fsp3) is 0.500. The van der Waals surface area contributed by atoms with Crippen LogP contribution in [0.1, 0.15) is 6.92 Å². The maximum atomic E-state index is 10.6. The summed E-state index contributed by atoms with van der Waals surface area (Å²) in [5.74, 6) is -2.61. The van der Waals surface area contributed by atoms with E-state index in [2.05, 4.69) is 5.73 Å². The van der Waals surface area contributed by atoms with Crippen molar-refractivity contribution in [3.63, 3.8) is 0 Å². The van der Waals surface area contributed by atoms with Gasteiger partial charge < -0.3 is 5.73 Å². The Balaban J connectivity index is 4.25. The number of rotatable bonds is 3. The molecule has 0 heterocycles. The first-order chi connectivity index (χ1) is 4.83. The molecule has 6 nitrogen and oxygen atoms in total. The zero-order valence-corrected chi connectivity index (χ0v) is 6.64. The first-order valence-electron chi connectivity index (χ1n) is 2.63. The van der Waals surface area contributed by atoms with E-state index in [1.165, 1.54) is 0 Å². The van der Waals surface area contributed by atoms with Crippen LogP contribution in [0.25, 0.3) is 0 Å². The summed E-state index contributed by atoms with van der Waals surface area (Å²) in [6.45, 7) is 1.03. The van der Waals surface area contributed by atoms with Crippen LogP contribution in [-0.2, 0) is 19.6 Å². The molecule has 2 amide bonds. The highest BCUT2D eigenvalue weighted by atomic mass is 32.2. The van der Waals surface area contributed by atoms with Crippen LogP contribution in [0.15, 0.2) is 0 Å². The van der Waals surface area contributed by atoms with Gasteiger partial charge >= 0.3 is 0 Å². The van der Waals surface area contributed by atoms with Crippen molar-refractivity contribution < 1.29 is 18.0 Å². The summed E-state index contributed by atoms with van der Waals surface area (Å²) in [7, 11) is -3.85. The Labute approximate surface area is 63.8 Å². The maximum Gasteiger partial charge on any atom is 0.243 e. The van der Waals surface area contributed by atoms with Gasteiger partial charge in [-0.05, 0) is 0 Å². The van der Waals surface area contributed by atoms with Crippen molar-refractivity contribution in [1.29, 1.82) is 0 Å². The third-order valence-corrected chi connectivity index (χ3v) is 1.89. The van der Waals surface area contributed by atoms with E-state index < -0.39 is 27.6 Å². The van der Waals surface area contributed by atoms with Crippen molar-refractivity contribution in [1.82, 2.24) is 4.72 Å². The van der Waals surface area contributed by atoms with Gasteiger partial charge in [0.15, 0.2) is 0 Å². The van der Waals surface area contributed by atoms with Gasteiger partial charge in [0.25, 0.3) is 0 Å². The van der Waals surface area contributed by atoms with Gasteiger partial charge in [-0.3, -0.25) is 14.3 Å². The summed E-state index contributed by atoms with van der Waals surface area (Å²) in [5, 5.41) is 0. The van der Waals surface area contributed by atoms with E-state index in [1.807, 2.05) is 0 Å². The molecule has 0 fully saturated rings. The zero-order chi connectivity index (χ0) is 9.07. The Morgan fingerprint density at radius 3 is 2.18 bits per heavy atom. The Bertz CT molecular complexity index is 246. The fourth-order valence-corrected chi connectivity index (χ4v) is 1.33. The fourth-order valence-electron chi connectivity index (χ4n) is 0.442. The van der Waals surface area contributed by atoms with E-state index in [9.17, 15) is 18.0 Å². The van der Waals surface area contributed by atoms with E-state index in [0.717, 1.165) is 6.92 Å². The van der Waals surface area contributed by atoms with Gasteiger partial charge in [0.05, 0.1) is 0 Å². The highest BCUT2D eigenvalue weighted by Gasteiger charge is 2.14. The molecule has 0 unspecified atom stereocenters. The highest BCUT2D eigenvalue weighted by Crippen LogP contribution is 1.81. The number of nitrogens with one attached hydrogen (secondary N) is 1. The summed E-state index contributed by atoms with van der Waals surface area (Å²) in [5.41, 5.74) is 4.58. The Morgan fingerprint density at radius 1 is 1.45 bits per heavy atom. The summed E-state index contributed by atoms with van der Waals surface area (Å²) in [4.78, 5) is 20.3. The second kappa shape index (κ2) is 3.33. The number of nitrogens with two attached hydrogens (primary N) is 1. The number of hydrogen-bond acceptors (Lipinski definition) is 4. The first-order valence-corrected chi connectivity index (χ1v) is 4.28. The maximum absolute atomic E-state index is 10.6. The molecule has 0 spiro atoms. The molecular weight excluding hydrogens is 172 g/mol. The minimum atomic E-state index is -3.85. The van der Waals surface area contributed by atoms with Crippen molar-refractivity contribution in [2.45, 2.75) is 6.92 Å². The number of amides is 2. The quantitative estimate of drug-likeness (QED) is 0.520. The van der Waals surface area contributed by atoms with Gasteiger partial charge in [0, 0.05) is 6.92 Å². The first kappa shape index (κ1) is 9.89. The minimum Gasteiger partial charge on any atom is -0.369 e. The predicted octanol–water partition coefficient (Wildman–Crippen LogP) is -2.06. The molecule has 0 aliphatic heterocycles. The molecule has 0 aromatic rings. The summed E-state index contributed by atoms with van der Waals surface area (Å²) >= 11 is 0. The van der Waals surface area contributed by atoms with Crippen LogP contribution in [0.2, 0.25) is 0 Å². The number of carbonyl (C=O) groups excluding carboxylic acids is 2. The number of primary amides is 1. The second-order valence-corrected chi connectivity index (χ2v) is 3.61. The normalized spacial score (nSPS) is 10.6. The zero-order valence-electron chi connectivity index (χ0n) is 5.83. The van der Waals surface area contributed by atoms with Crippen LogP contribution in [0, 0.1) is 0 Å². The van der Waals surface area contributed by atoms with Gasteiger partial charge in [0.1, 0.15) is 5.75 Å². The number of hydrogen-bond donors (Lipinski definition) is 2. The topological polar surface area (TPSA) is 106 Å². The van der Waals surface area contributed by atoms with Gasteiger partial charge in [-0.2, -0.15) is 0 Å². The Morgan fingerprint density at radius 2 is 1.91 bits per heavy atom. The molecule has 7 heteroatoms. The number of sulfonamides is 1. The van der Waals surface area contributed by atoms with Crippen molar-refractivity contribution in [3.05, 3.63) is 0 Å². The van der Waals surface area contributed by atoms with Crippen LogP contribution in [0.5, 0.6) is 0 Å². The Hall–Kier alpha value is -1.11. The van der Waals surface area contributed by atoms with E-state index >= 15 is 0 Å². The van der Waals surface area contributed by atoms with Crippen LogP contribution < -0.4 is 10.5 Å². The molecule has 64 valence electrons. The summed E-state index contributed by atoms with van der Waals surface area (Å²) in [6, 6.07) is 0. The molecule has 0 aliphatic carbocycles. The molecule has 0 aromatic carbocycles. The van der Waals surface area contributed by atoms with Crippen LogP contribution in [0.3, 0.4) is 0 Å². The van der Waals surface area contributed by atoms with Crippen molar-refractivity contribution in [2.24, 2.45) is 5.73 Å². The largest absolute Gasteiger partial charge is 0.369 e. The lowest BCUT2D eigenvalue weighted by Crippen LogP contribution is -2.35. The van der Waals surface area contributed by atoms with Crippen LogP contribution in [0.4, 0.5) is 0 Å². The molecule has 0 aromatic heterocycles. The second-order valence-electron chi connectivity index (χ2n) is 1.88. The van der Waals surface area contributed by atoms with E-state index in [4.69, 9.17) is 0 Å². The van der Waals surface area contributed by atoms with E-state index in [0.29, 0.717) is 0 Å². The molecule has 11 heavy (non-hydrogen) atoms. The van der Waals surface area contributed by atoms with Gasteiger partial charge in [0.2, 0.25) is 21.8 Å². The van der Waals surface area contributed by atoms with Crippen molar-refractivity contribution in [3.8, 4) is 0 Å². The third-order valence-electron chi connectivity index (χ3n) is 0.632. The van der Waals surface area contributed by atoms with E-state index in [-0.39, 0.29) is 0 Å². The lowest BCUT2D eigenvalue weighted by atomic mass is 10.8. The van der Waals surface area contributed by atoms with Crippen LogP contribution in [-0.4, -0.2) is 26.0 Å². The third kappa shape index (κ3) is 5.34.